The summed E-state index contributed by atoms with van der Waals surface area (Å²) in [6.45, 7) is 3.08. The molecule has 1 N–H and O–H groups in total. The quantitative estimate of drug-likeness (QED) is 0.223. The van der Waals surface area contributed by atoms with E-state index in [0.29, 0.717) is 12.5 Å². The molecule has 1 atom stereocenters. The van der Waals surface area contributed by atoms with Gasteiger partial charge in [0, 0.05) is 19.0 Å². The van der Waals surface area contributed by atoms with Crippen molar-refractivity contribution in [2.24, 2.45) is 0 Å². The minimum absolute atomic E-state index is 0.395. The highest BCUT2D eigenvalue weighted by molar-refractivity contribution is 5.18. The van der Waals surface area contributed by atoms with Crippen LogP contribution in [0.25, 0.3) is 0 Å². The van der Waals surface area contributed by atoms with Gasteiger partial charge in [0.1, 0.15) is 0 Å². The summed E-state index contributed by atoms with van der Waals surface area (Å²) >= 11 is 0. The van der Waals surface area contributed by atoms with Gasteiger partial charge >= 0.3 is 0 Å². The average Bonchev–Trinajstić information content (AvgIpc) is 2.76. The lowest BCUT2D eigenvalue weighted by molar-refractivity contribution is 0.468. The van der Waals surface area contributed by atoms with Gasteiger partial charge in [-0.25, -0.2) is 0 Å². The molecule has 0 aliphatic carbocycles. The van der Waals surface area contributed by atoms with Gasteiger partial charge in [0.2, 0.25) is 0 Å². The molecular weight excluding hydrogens is 352 g/mol. The van der Waals surface area contributed by atoms with Crippen molar-refractivity contribution in [3.63, 3.8) is 0 Å². The van der Waals surface area contributed by atoms with Crippen LogP contribution in [0.15, 0.2) is 30.3 Å². The molecule has 0 aliphatic heterocycles. The minimum Gasteiger partial charge on any atom is -0.309 e. The van der Waals surface area contributed by atoms with E-state index in [-0.39, 0.29) is 0 Å². The third-order valence-corrected chi connectivity index (χ3v) is 5.93. The summed E-state index contributed by atoms with van der Waals surface area (Å²) in [6.07, 6.45) is 22.9. The zero-order chi connectivity index (χ0) is 20.8. The topological polar surface area (TPSA) is 35.8 Å². The van der Waals surface area contributed by atoms with Crippen LogP contribution in [-0.4, -0.2) is 6.54 Å². The average molecular weight is 399 g/mol. The van der Waals surface area contributed by atoms with Gasteiger partial charge in [-0.05, 0) is 12.0 Å². The summed E-state index contributed by atoms with van der Waals surface area (Å²) in [5, 5.41) is 12.3. The van der Waals surface area contributed by atoms with Crippen LogP contribution in [0.1, 0.15) is 128 Å². The van der Waals surface area contributed by atoms with Crippen molar-refractivity contribution in [3.05, 3.63) is 35.9 Å². The predicted molar refractivity (Wildman–Crippen MR) is 127 cm³/mol. The molecule has 0 bridgehead atoms. The monoisotopic (exact) mass is 398 g/mol. The Morgan fingerprint density at radius 3 is 1.69 bits per heavy atom. The molecule has 2 heteroatoms. The smallest absolute Gasteiger partial charge is 0.0635 e. The predicted octanol–water partition coefficient (Wildman–Crippen LogP) is 8.49. The molecule has 0 fully saturated rings. The molecule has 1 rings (SSSR count). The van der Waals surface area contributed by atoms with E-state index in [9.17, 15) is 0 Å². The van der Waals surface area contributed by atoms with Crippen LogP contribution in [0.2, 0.25) is 0 Å². The minimum atomic E-state index is 0.395. The first-order valence-corrected chi connectivity index (χ1v) is 12.5. The third kappa shape index (κ3) is 15.2. The summed E-state index contributed by atoms with van der Waals surface area (Å²) in [4.78, 5) is 0. The highest BCUT2D eigenvalue weighted by Gasteiger charge is 2.09. The van der Waals surface area contributed by atoms with E-state index in [4.69, 9.17) is 5.26 Å². The first-order chi connectivity index (χ1) is 14.4. The van der Waals surface area contributed by atoms with Gasteiger partial charge in [-0.3, -0.25) is 0 Å². The van der Waals surface area contributed by atoms with Gasteiger partial charge in [0.15, 0.2) is 0 Å². The first kappa shape index (κ1) is 25.7. The molecule has 0 saturated carbocycles. The first-order valence-electron chi connectivity index (χ1n) is 12.5. The second-order valence-corrected chi connectivity index (χ2v) is 8.56. The van der Waals surface area contributed by atoms with Gasteiger partial charge in [-0.1, -0.05) is 134 Å². The van der Waals surface area contributed by atoms with Crippen molar-refractivity contribution < 1.29 is 0 Å². The van der Waals surface area contributed by atoms with Gasteiger partial charge in [0.25, 0.3) is 0 Å². The van der Waals surface area contributed by atoms with Crippen LogP contribution in [-0.2, 0) is 0 Å². The second-order valence-electron chi connectivity index (χ2n) is 8.56. The highest BCUT2D eigenvalue weighted by Crippen LogP contribution is 2.21. The van der Waals surface area contributed by atoms with Crippen molar-refractivity contribution in [3.8, 4) is 6.07 Å². The standard InChI is InChI=1S/C27H46N2/c1-2-3-4-5-6-7-8-9-10-11-12-13-14-15-19-23-27(29-25-20-24-28)26-21-17-16-18-22-26/h16-18,21-22,27,29H,2-15,19-20,23,25H2,1H3. The number of nitrogens with one attached hydrogen (secondary N) is 1. The molecule has 0 radical (unpaired) electrons. The van der Waals surface area contributed by atoms with Gasteiger partial charge in [0.05, 0.1) is 6.07 Å². The summed E-state index contributed by atoms with van der Waals surface area (Å²) in [7, 11) is 0. The fourth-order valence-electron chi connectivity index (χ4n) is 4.09. The maximum absolute atomic E-state index is 8.78. The highest BCUT2D eigenvalue weighted by atomic mass is 14.9. The maximum Gasteiger partial charge on any atom is 0.0635 e. The molecule has 0 saturated heterocycles. The van der Waals surface area contributed by atoms with E-state index in [2.05, 4.69) is 48.6 Å². The van der Waals surface area contributed by atoms with E-state index in [1.54, 1.807) is 0 Å². The zero-order valence-electron chi connectivity index (χ0n) is 19.1. The van der Waals surface area contributed by atoms with E-state index in [1.807, 2.05) is 0 Å². The Kier molecular flexibility index (Phi) is 17.7. The second kappa shape index (κ2) is 20.0. The van der Waals surface area contributed by atoms with Crippen LogP contribution in [0.4, 0.5) is 0 Å². The molecule has 29 heavy (non-hydrogen) atoms. The number of hydrogen-bond acceptors (Lipinski definition) is 2. The molecule has 0 aliphatic rings. The van der Waals surface area contributed by atoms with Gasteiger partial charge in [-0.15, -0.1) is 0 Å². The van der Waals surface area contributed by atoms with E-state index in [1.165, 1.54) is 108 Å². The molecule has 1 unspecified atom stereocenters. The van der Waals surface area contributed by atoms with Gasteiger partial charge in [-0.2, -0.15) is 5.26 Å². The lowest BCUT2D eigenvalue weighted by Gasteiger charge is -2.18. The molecule has 0 aromatic heterocycles. The summed E-state index contributed by atoms with van der Waals surface area (Å²) in [5.41, 5.74) is 1.36. The fourth-order valence-corrected chi connectivity index (χ4v) is 4.09. The Bertz CT molecular complexity index is 491. The molecule has 0 spiro atoms. The zero-order valence-corrected chi connectivity index (χ0v) is 19.1. The lowest BCUT2D eigenvalue weighted by Crippen LogP contribution is -2.22. The number of nitriles is 1. The Labute approximate surface area is 181 Å². The van der Waals surface area contributed by atoms with Crippen molar-refractivity contribution in [2.75, 3.05) is 6.54 Å². The molecular formula is C27H46N2. The van der Waals surface area contributed by atoms with Gasteiger partial charge < -0.3 is 5.32 Å². The summed E-state index contributed by atoms with van der Waals surface area (Å²) in [6, 6.07) is 13.3. The van der Waals surface area contributed by atoms with Crippen LogP contribution in [0.5, 0.6) is 0 Å². The van der Waals surface area contributed by atoms with E-state index >= 15 is 0 Å². The summed E-state index contributed by atoms with van der Waals surface area (Å²) in [5.74, 6) is 0. The van der Waals surface area contributed by atoms with Crippen molar-refractivity contribution in [2.45, 2.75) is 122 Å². The van der Waals surface area contributed by atoms with E-state index in [0.717, 1.165) is 6.54 Å². The van der Waals surface area contributed by atoms with Crippen molar-refractivity contribution in [1.29, 1.82) is 5.26 Å². The molecule has 1 aromatic rings. The van der Waals surface area contributed by atoms with Crippen molar-refractivity contribution in [1.82, 2.24) is 5.32 Å². The normalized spacial score (nSPS) is 12.0. The number of nitrogens with zero attached hydrogens (tertiary/aromatic N) is 1. The number of unbranched alkanes of at least 4 members (excludes halogenated alkanes) is 14. The molecule has 2 nitrogen and oxygen atoms in total. The number of hydrogen-bond donors (Lipinski definition) is 1. The van der Waals surface area contributed by atoms with Crippen LogP contribution >= 0.6 is 0 Å². The fraction of sp³-hybridized carbons (Fsp3) is 0.741. The molecule has 0 heterocycles. The van der Waals surface area contributed by atoms with E-state index < -0.39 is 0 Å². The van der Waals surface area contributed by atoms with Crippen LogP contribution in [0, 0.1) is 11.3 Å². The third-order valence-electron chi connectivity index (χ3n) is 5.93. The lowest BCUT2D eigenvalue weighted by atomic mass is 9.99. The molecule has 1 aromatic carbocycles. The SMILES string of the molecule is CCCCCCCCCCCCCCCCCC(NCCC#N)c1ccccc1. The van der Waals surface area contributed by atoms with Crippen molar-refractivity contribution >= 4 is 0 Å². The molecule has 0 amide bonds. The largest absolute Gasteiger partial charge is 0.309 e. The summed E-state index contributed by atoms with van der Waals surface area (Å²) < 4.78 is 0. The Morgan fingerprint density at radius 1 is 0.724 bits per heavy atom. The Balaban J connectivity index is 1.96. The Morgan fingerprint density at radius 2 is 1.21 bits per heavy atom. The Hall–Kier alpha value is -1.33. The molecule has 164 valence electrons. The number of rotatable bonds is 20. The van der Waals surface area contributed by atoms with Crippen LogP contribution in [0.3, 0.4) is 0 Å². The number of benzene rings is 1. The van der Waals surface area contributed by atoms with Crippen LogP contribution < -0.4 is 5.32 Å². The maximum atomic E-state index is 8.78.